The van der Waals surface area contributed by atoms with Gasteiger partial charge in [-0.15, -0.1) is 12.4 Å². The maximum Gasteiger partial charge on any atom is 4.00 e. The Bertz CT molecular complexity index is 2400. The summed E-state index contributed by atoms with van der Waals surface area (Å²) in [4.78, 5) is 71.9. The molecule has 0 spiro atoms. The molecule has 7 aromatic rings. The largest absolute Gasteiger partial charge is 4.00 e. The fraction of sp³-hybridized carbons (Fsp3) is 0.222. The van der Waals surface area contributed by atoms with Gasteiger partial charge in [0.1, 0.15) is 0 Å². The number of halogens is 1. The quantitative estimate of drug-likeness (QED) is 0.0332. The van der Waals surface area contributed by atoms with Crippen molar-refractivity contribution in [3.8, 4) is 0 Å². The minimum Gasteiger partial charge on any atom is -0.548 e. The summed E-state index contributed by atoms with van der Waals surface area (Å²) in [5.74, 6) is -8.47. The first-order valence-electron chi connectivity index (χ1n) is 25.9. The van der Waals surface area contributed by atoms with Crippen molar-refractivity contribution in [2.24, 2.45) is 40.1 Å². The molecule has 0 saturated carbocycles. The van der Waals surface area contributed by atoms with Crippen LogP contribution in [0.15, 0.2) is 212 Å². The van der Waals surface area contributed by atoms with E-state index in [9.17, 15) is 69.3 Å². The monoisotopic (exact) mass is 1300 g/mol. The summed E-state index contributed by atoms with van der Waals surface area (Å²) >= 11 is 0. The van der Waals surface area contributed by atoms with Crippen molar-refractivity contribution >= 4 is 71.6 Å². The zero-order valence-corrected chi connectivity index (χ0v) is 51.9. The Hall–Kier alpha value is -7.74. The van der Waals surface area contributed by atoms with Crippen LogP contribution in [-0.4, -0.2) is 101 Å². The number of carbonyl (C=O) groups is 7. The molecule has 14 N–H and O–H groups in total. The van der Waals surface area contributed by atoms with Gasteiger partial charge in [0.15, 0.2) is 0 Å². The van der Waals surface area contributed by atoms with Crippen molar-refractivity contribution in [1.29, 1.82) is 0 Å². The number of rotatable bonds is 21. The number of hydrogen-bond acceptors (Lipinski definition) is 21. The van der Waals surface area contributed by atoms with Crippen LogP contribution in [0, 0.1) is 0 Å². The Morgan fingerprint density at radius 3 is 0.379 bits per heavy atom. The number of carbonyl (C=O) groups excluding carboxylic acids is 7. The Morgan fingerprint density at radius 1 is 0.230 bits per heavy atom. The van der Waals surface area contributed by atoms with Crippen LogP contribution in [0.2, 0.25) is 0 Å². The first-order chi connectivity index (χ1) is 39.9. The molecule has 0 aliphatic rings. The number of benzene rings is 7. The molecule has 7 rings (SSSR count). The summed E-state index contributed by atoms with van der Waals surface area (Å²) in [7, 11) is 0. The number of aliphatic carboxylic acids is 7. The Labute approximate surface area is 542 Å². The molecule has 0 radical (unpaired) electrons. The van der Waals surface area contributed by atoms with E-state index in [0.717, 1.165) is 38.9 Å². The molecule has 0 heterocycles. The van der Waals surface area contributed by atoms with Gasteiger partial charge in [0.25, 0.3) is 0 Å². The van der Waals surface area contributed by atoms with E-state index in [1.165, 1.54) is 0 Å². The van der Waals surface area contributed by atoms with E-state index in [4.69, 9.17) is 40.1 Å². The molecule has 0 fully saturated rings. The van der Waals surface area contributed by atoms with E-state index in [2.05, 4.69) is 0 Å². The normalized spacial score (nSPS) is 12.0. The second-order valence-corrected chi connectivity index (χ2v) is 18.3. The van der Waals surface area contributed by atoms with Crippen molar-refractivity contribution in [2.75, 3.05) is 0 Å². The molecular formula is C63H71AlClN7O14Zr. The van der Waals surface area contributed by atoms with Crippen LogP contribution in [-0.2, 0) is 105 Å². The van der Waals surface area contributed by atoms with Crippen molar-refractivity contribution in [3.05, 3.63) is 251 Å². The topological polar surface area (TPSA) is 463 Å². The average Bonchev–Trinajstić information content (AvgIpc) is 3.53. The Balaban J connectivity index is -0.000000941. The molecule has 0 saturated heterocycles. The maximum absolute atomic E-state index is 10.3. The van der Waals surface area contributed by atoms with Crippen LogP contribution >= 0.6 is 12.4 Å². The molecule has 0 bridgehead atoms. The molecule has 456 valence electrons. The third kappa shape index (κ3) is 41.9. The van der Waals surface area contributed by atoms with E-state index in [1.54, 1.807) is 0 Å². The van der Waals surface area contributed by atoms with Gasteiger partial charge in [-0.1, -0.05) is 212 Å². The summed E-state index contributed by atoms with van der Waals surface area (Å²) in [6.07, 6.45) is 2.26. The van der Waals surface area contributed by atoms with E-state index in [1.807, 2.05) is 212 Å². The summed E-state index contributed by atoms with van der Waals surface area (Å²) in [5, 5.41) is 71.9. The molecular weight excluding hydrogens is 1230 g/mol. The van der Waals surface area contributed by atoms with Crippen molar-refractivity contribution in [2.45, 2.75) is 87.2 Å². The summed E-state index contributed by atoms with van der Waals surface area (Å²) in [5.41, 5.74) is 43.4. The third-order valence-electron chi connectivity index (χ3n) is 11.2. The van der Waals surface area contributed by atoms with E-state index < -0.39 is 84.1 Å². The van der Waals surface area contributed by atoms with E-state index in [0.29, 0.717) is 44.9 Å². The predicted molar refractivity (Wildman–Crippen MR) is 315 cm³/mol. The second-order valence-electron chi connectivity index (χ2n) is 18.3. The molecule has 0 aromatic heterocycles. The second kappa shape index (κ2) is 49.4. The average molecular weight is 1300 g/mol. The van der Waals surface area contributed by atoms with Crippen LogP contribution in [0.3, 0.4) is 0 Å². The van der Waals surface area contributed by atoms with Crippen LogP contribution in [0.25, 0.3) is 0 Å². The number of carboxylic acid groups (broad SMARTS) is 7. The van der Waals surface area contributed by atoms with Gasteiger partial charge < -0.3 is 109 Å². The summed E-state index contributed by atoms with van der Waals surface area (Å²) in [6, 6.07) is 58.2. The fourth-order valence-electron chi connectivity index (χ4n) is 6.66. The Kier molecular flexibility index (Phi) is 47.4. The van der Waals surface area contributed by atoms with Gasteiger partial charge >= 0.3 is 43.6 Å². The molecule has 7 aromatic carbocycles. The number of hydrogen-bond donors (Lipinski definition) is 7. The Morgan fingerprint density at radius 2 is 0.310 bits per heavy atom. The van der Waals surface area contributed by atoms with E-state index in [-0.39, 0.29) is 56.0 Å². The molecule has 0 aliphatic heterocycles. The minimum atomic E-state index is -1.21. The molecule has 24 heteroatoms. The molecule has 0 amide bonds. The number of carboxylic acids is 7. The molecule has 87 heavy (non-hydrogen) atoms. The van der Waals surface area contributed by atoms with Crippen LogP contribution in [0.1, 0.15) is 38.9 Å². The molecule has 0 unspecified atom stereocenters. The maximum atomic E-state index is 10.3. The van der Waals surface area contributed by atoms with Crippen molar-refractivity contribution < 1.29 is 95.5 Å². The van der Waals surface area contributed by atoms with Gasteiger partial charge in [0.05, 0.1) is 41.8 Å². The van der Waals surface area contributed by atoms with Gasteiger partial charge in [0.2, 0.25) is 0 Å². The molecule has 7 atom stereocenters. The fourth-order valence-corrected chi connectivity index (χ4v) is 6.66. The molecule has 0 aliphatic carbocycles. The van der Waals surface area contributed by atoms with Gasteiger partial charge in [-0.25, -0.2) is 0 Å². The van der Waals surface area contributed by atoms with Gasteiger partial charge in [-0.2, -0.15) is 0 Å². The van der Waals surface area contributed by atoms with Gasteiger partial charge in [-0.3, -0.25) is 0 Å². The summed E-state index contributed by atoms with van der Waals surface area (Å²) < 4.78 is 0. The SMILES string of the molecule is Cl.N[C@@H](Cc1ccccc1)C(=O)[O-].N[C@@H](Cc1ccccc1)C(=O)[O-].N[C@@H](Cc1ccccc1)C(=O)[O-].N[C@@H](Cc1ccccc1)C(=O)[O-].N[C@@H](Cc1ccccc1)C(=O)[O-].N[C@@H](Cc1ccccc1)C(=O)[O-].N[C@@H](Cc1ccccc1)C(=O)[O-].[Al+3].[Zr+4]. The van der Waals surface area contributed by atoms with Crippen molar-refractivity contribution in [3.63, 3.8) is 0 Å². The van der Waals surface area contributed by atoms with Crippen LogP contribution in [0.4, 0.5) is 0 Å². The summed E-state index contributed by atoms with van der Waals surface area (Å²) in [6.45, 7) is 0. The zero-order valence-electron chi connectivity index (χ0n) is 47.4. The smallest absolute Gasteiger partial charge is 0.548 e. The standard InChI is InChI=1S/7C9H11NO2.Al.ClH.Zr/c7*10-8(9(11)12)6-7-4-2-1-3-5-7;;;/h7*1-5,8H,6,10H2,(H,11,12);;1H;/q;;;;;;;+3;;+4/p-7/t7*8-;;;/m0000000.../s1. The first kappa shape index (κ1) is 83.5. The molecule has 21 nitrogen and oxygen atoms in total. The van der Waals surface area contributed by atoms with Gasteiger partial charge in [0, 0.05) is 42.3 Å². The predicted octanol–water partition coefficient (Wildman–Crippen LogP) is -4.82. The van der Waals surface area contributed by atoms with Crippen LogP contribution < -0.4 is 75.9 Å². The first-order valence-corrected chi connectivity index (χ1v) is 25.9. The van der Waals surface area contributed by atoms with Crippen molar-refractivity contribution in [1.82, 2.24) is 0 Å². The van der Waals surface area contributed by atoms with Crippen LogP contribution in [0.5, 0.6) is 0 Å². The van der Waals surface area contributed by atoms with E-state index >= 15 is 0 Å². The minimum absolute atomic E-state index is 0. The van der Waals surface area contributed by atoms with Gasteiger partial charge in [-0.05, 0) is 83.9 Å². The third-order valence-corrected chi connectivity index (χ3v) is 11.2. The zero-order chi connectivity index (χ0) is 62.8. The number of nitrogens with two attached hydrogens (primary N) is 7.